The number of fused-ring (bicyclic) bond motifs is 3. The Kier molecular flexibility index (Phi) is 7.42. The summed E-state index contributed by atoms with van der Waals surface area (Å²) in [7, 11) is -3.81. The van der Waals surface area contributed by atoms with E-state index in [9.17, 15) is 22.8 Å². The first-order chi connectivity index (χ1) is 20.8. The lowest BCUT2D eigenvalue weighted by atomic mass is 9.91. The summed E-state index contributed by atoms with van der Waals surface area (Å²) < 4.78 is 27.2. The van der Waals surface area contributed by atoms with E-state index in [2.05, 4.69) is 21.8 Å². The van der Waals surface area contributed by atoms with Crippen molar-refractivity contribution in [2.24, 2.45) is 16.5 Å². The van der Waals surface area contributed by atoms with Crippen LogP contribution in [-0.4, -0.2) is 66.2 Å². The van der Waals surface area contributed by atoms with E-state index in [1.165, 1.54) is 4.90 Å². The Morgan fingerprint density at radius 3 is 2.16 bits per heavy atom. The summed E-state index contributed by atoms with van der Waals surface area (Å²) in [5.74, 6) is -1.95. The number of nitrogens with zero attached hydrogens (tertiary/aromatic N) is 2. The van der Waals surface area contributed by atoms with Gasteiger partial charge in [-0.25, -0.2) is 8.42 Å². The molecule has 10 nitrogen and oxygen atoms in total. The van der Waals surface area contributed by atoms with Crippen molar-refractivity contribution in [3.63, 3.8) is 0 Å². The molecule has 2 saturated carbocycles. The van der Waals surface area contributed by atoms with Crippen LogP contribution in [-0.2, 0) is 29.2 Å². The number of rotatable bonds is 9. The molecule has 2 aromatic rings. The Balaban J connectivity index is 1.23. The maximum Gasteiger partial charge on any atom is 0.259 e. The van der Waals surface area contributed by atoms with E-state index in [-0.39, 0.29) is 37.1 Å². The number of nitrogens with one attached hydrogen (secondary N) is 2. The van der Waals surface area contributed by atoms with Crippen LogP contribution in [0.25, 0.3) is 11.1 Å². The largest absolute Gasteiger partial charge is 0.390 e. The van der Waals surface area contributed by atoms with Crippen LogP contribution in [0.1, 0.15) is 64.0 Å². The fourth-order valence-corrected chi connectivity index (χ4v) is 7.56. The van der Waals surface area contributed by atoms with Gasteiger partial charge in [-0.05, 0) is 35.8 Å². The molecule has 1 aliphatic heterocycles. The summed E-state index contributed by atoms with van der Waals surface area (Å²) in [6.45, 7) is 9.75. The van der Waals surface area contributed by atoms with Gasteiger partial charge in [0, 0.05) is 29.9 Å². The molecule has 11 heteroatoms. The van der Waals surface area contributed by atoms with Gasteiger partial charge in [0.15, 0.2) is 0 Å². The van der Waals surface area contributed by atoms with Gasteiger partial charge >= 0.3 is 0 Å². The van der Waals surface area contributed by atoms with Crippen LogP contribution in [0.15, 0.2) is 66.3 Å². The molecule has 3 amide bonds. The van der Waals surface area contributed by atoms with Crippen molar-refractivity contribution in [1.29, 1.82) is 0 Å². The lowest BCUT2D eigenvalue weighted by Gasteiger charge is -2.28. The molecule has 3 fully saturated rings. The molecule has 3 aliphatic carbocycles. The first-order valence-electron chi connectivity index (χ1n) is 15.1. The molecular formula is C33H38N4O6S. The van der Waals surface area contributed by atoms with Gasteiger partial charge in [0.05, 0.1) is 11.8 Å². The van der Waals surface area contributed by atoms with Crippen LogP contribution in [0.4, 0.5) is 0 Å². The fourth-order valence-electron chi connectivity index (χ4n) is 6.19. The summed E-state index contributed by atoms with van der Waals surface area (Å²) in [5, 5.41) is 6.78. The third-order valence-corrected chi connectivity index (χ3v) is 10.6. The van der Waals surface area contributed by atoms with Gasteiger partial charge in [0.25, 0.3) is 5.91 Å². The molecule has 44 heavy (non-hydrogen) atoms. The van der Waals surface area contributed by atoms with E-state index in [0.29, 0.717) is 18.6 Å². The zero-order valence-electron chi connectivity index (χ0n) is 25.2. The van der Waals surface area contributed by atoms with E-state index < -0.39 is 50.7 Å². The van der Waals surface area contributed by atoms with Gasteiger partial charge in [0.2, 0.25) is 21.8 Å². The molecular weight excluding hydrogens is 580 g/mol. The summed E-state index contributed by atoms with van der Waals surface area (Å²) in [6.07, 6.45) is 2.57. The van der Waals surface area contributed by atoms with E-state index in [1.807, 2.05) is 69.3 Å². The van der Waals surface area contributed by atoms with Crippen LogP contribution in [0, 0.1) is 11.3 Å². The van der Waals surface area contributed by atoms with E-state index in [0.717, 1.165) is 22.3 Å². The highest BCUT2D eigenvalue weighted by Crippen LogP contribution is 2.45. The van der Waals surface area contributed by atoms with Gasteiger partial charge in [0.1, 0.15) is 23.4 Å². The zero-order valence-corrected chi connectivity index (χ0v) is 26.0. The van der Waals surface area contributed by atoms with Crippen LogP contribution in [0.5, 0.6) is 0 Å². The average Bonchev–Trinajstić information content (AvgIpc) is 3.87. The number of likely N-dealkylation sites (tertiary alicyclic amines) is 1. The standard InChI is InChI=1S/C33H38N4O6S/c1-5-20-17-33(20,31(40)36-44(41,42)22-14-15-22)34-30(39)27-16-21(19-37(27)28(38)18-32(2,3)4)43-35-29-25-12-8-6-10-23(25)24-11-7-9-13-26(24)29/h5-13,20-22,27H,1,14-19H2,2-4H3,(H,34,39)(H,36,40)/t20-,21?,27?,33-/m1/s1. The second-order valence-corrected chi connectivity index (χ2v) is 15.4. The van der Waals surface area contributed by atoms with Crippen molar-refractivity contribution < 1.29 is 27.6 Å². The van der Waals surface area contributed by atoms with Gasteiger partial charge in [-0.15, -0.1) is 6.58 Å². The minimum Gasteiger partial charge on any atom is -0.390 e. The topological polar surface area (TPSA) is 134 Å². The average molecular weight is 619 g/mol. The maximum absolute atomic E-state index is 13.8. The number of sulfonamides is 1. The third-order valence-electron chi connectivity index (χ3n) is 8.76. The Morgan fingerprint density at radius 2 is 1.64 bits per heavy atom. The van der Waals surface area contributed by atoms with Crippen molar-refractivity contribution in [3.05, 3.63) is 72.3 Å². The fraction of sp³-hybridized carbons (Fsp3) is 0.455. The molecule has 0 bridgehead atoms. The van der Waals surface area contributed by atoms with E-state index in [1.54, 1.807) is 6.08 Å². The molecule has 0 aromatic heterocycles. The van der Waals surface area contributed by atoms with E-state index >= 15 is 0 Å². The Labute approximate surface area is 258 Å². The summed E-state index contributed by atoms with van der Waals surface area (Å²) in [4.78, 5) is 48.1. The molecule has 2 aromatic carbocycles. The van der Waals surface area contributed by atoms with Crippen molar-refractivity contribution in [1.82, 2.24) is 14.9 Å². The van der Waals surface area contributed by atoms with Gasteiger partial charge in [-0.3, -0.25) is 19.1 Å². The van der Waals surface area contributed by atoms with Gasteiger partial charge in [-0.2, -0.15) is 0 Å². The highest BCUT2D eigenvalue weighted by molar-refractivity contribution is 7.91. The summed E-state index contributed by atoms with van der Waals surface area (Å²) in [6, 6.07) is 15.0. The van der Waals surface area contributed by atoms with Gasteiger partial charge < -0.3 is 15.1 Å². The number of hydrogen-bond donors (Lipinski definition) is 2. The minimum absolute atomic E-state index is 0.146. The SMILES string of the molecule is C=C[C@@H]1C[C@]1(NC(=O)C1CC(ON=C2c3ccccc3-c3ccccc32)CN1C(=O)CC(C)(C)C)C(=O)NS(=O)(=O)C1CC1. The molecule has 2 unspecified atom stereocenters. The smallest absolute Gasteiger partial charge is 0.259 e. The Bertz CT molecular complexity index is 1630. The minimum atomic E-state index is -3.81. The van der Waals surface area contributed by atoms with Crippen LogP contribution >= 0.6 is 0 Å². The zero-order chi connectivity index (χ0) is 31.4. The maximum atomic E-state index is 13.8. The first kappa shape index (κ1) is 30.1. The molecule has 1 heterocycles. The molecule has 6 rings (SSSR count). The summed E-state index contributed by atoms with van der Waals surface area (Å²) >= 11 is 0. The van der Waals surface area contributed by atoms with Crippen LogP contribution in [0.3, 0.4) is 0 Å². The Hall–Kier alpha value is -3.99. The van der Waals surface area contributed by atoms with Gasteiger partial charge in [-0.1, -0.05) is 80.5 Å². The molecule has 1 saturated heterocycles. The highest BCUT2D eigenvalue weighted by Gasteiger charge is 2.62. The van der Waals surface area contributed by atoms with Crippen LogP contribution in [0.2, 0.25) is 0 Å². The molecule has 4 aliphatic rings. The van der Waals surface area contributed by atoms with E-state index in [4.69, 9.17) is 4.84 Å². The molecule has 0 spiro atoms. The van der Waals surface area contributed by atoms with Crippen molar-refractivity contribution in [3.8, 4) is 11.1 Å². The molecule has 2 N–H and O–H groups in total. The number of oxime groups is 1. The summed E-state index contributed by atoms with van der Waals surface area (Å²) in [5.41, 5.74) is 2.94. The number of carbonyl (C=O) groups excluding carboxylic acids is 3. The Morgan fingerprint density at radius 1 is 1.05 bits per heavy atom. The van der Waals surface area contributed by atoms with Crippen LogP contribution < -0.4 is 10.0 Å². The molecule has 232 valence electrons. The quantitative estimate of drug-likeness (QED) is 0.279. The third kappa shape index (κ3) is 5.65. The highest BCUT2D eigenvalue weighted by atomic mass is 32.2. The monoisotopic (exact) mass is 618 g/mol. The predicted molar refractivity (Wildman–Crippen MR) is 166 cm³/mol. The molecule has 4 atom stereocenters. The number of carbonyl (C=O) groups is 3. The second-order valence-electron chi connectivity index (χ2n) is 13.5. The molecule has 0 radical (unpaired) electrons. The number of benzene rings is 2. The lowest BCUT2D eigenvalue weighted by Crippen LogP contribution is -2.56. The first-order valence-corrected chi connectivity index (χ1v) is 16.6. The predicted octanol–water partition coefficient (Wildman–Crippen LogP) is 3.51. The number of hydrogen-bond acceptors (Lipinski definition) is 7. The lowest BCUT2D eigenvalue weighted by molar-refractivity contribution is -0.141. The normalized spacial score (nSPS) is 25.5. The number of amides is 3. The van der Waals surface area contributed by atoms with Crippen molar-refractivity contribution >= 4 is 33.5 Å². The second kappa shape index (κ2) is 10.9. The van der Waals surface area contributed by atoms with Crippen molar-refractivity contribution in [2.75, 3.05) is 6.54 Å². The van der Waals surface area contributed by atoms with Crippen molar-refractivity contribution in [2.45, 2.75) is 75.8 Å².